The predicted octanol–water partition coefficient (Wildman–Crippen LogP) is 4.64. The Bertz CT molecular complexity index is 1150. The summed E-state index contributed by atoms with van der Waals surface area (Å²) in [6.07, 6.45) is -5.38. The summed E-state index contributed by atoms with van der Waals surface area (Å²) in [7, 11) is 0. The first kappa shape index (κ1) is 23.5. The first-order chi connectivity index (χ1) is 14.6. The average molecular weight is 473 g/mol. The second-order valence-electron chi connectivity index (χ2n) is 6.85. The highest BCUT2D eigenvalue weighted by atomic mass is 35.5. The molecule has 1 unspecified atom stereocenters. The molecule has 0 aliphatic carbocycles. The number of aromatic hydroxyl groups is 1. The lowest BCUT2D eigenvalue weighted by Crippen LogP contribution is -2.28. The van der Waals surface area contributed by atoms with E-state index in [0.717, 1.165) is 23.9 Å². The fourth-order valence-corrected chi connectivity index (χ4v) is 4.31. The monoisotopic (exact) mass is 472 g/mol. The molecule has 10 heteroatoms. The number of benzene rings is 2. The molecular formula is C21H20ClF3N2O3S. The Balaban J connectivity index is 2.24. The largest absolute Gasteiger partial charge is 0.507 e. The molecule has 0 saturated carbocycles. The summed E-state index contributed by atoms with van der Waals surface area (Å²) in [5, 5.41) is 23.9. The first-order valence-electron chi connectivity index (χ1n) is 9.39. The van der Waals surface area contributed by atoms with Gasteiger partial charge in [0.05, 0.1) is 16.6 Å². The van der Waals surface area contributed by atoms with Crippen LogP contribution in [0.25, 0.3) is 22.0 Å². The maximum absolute atomic E-state index is 13.4. The quantitative estimate of drug-likeness (QED) is 0.377. The van der Waals surface area contributed by atoms with E-state index in [1.807, 2.05) is 6.92 Å². The van der Waals surface area contributed by atoms with Crippen LogP contribution < -0.4 is 10.9 Å². The molecule has 0 saturated heterocycles. The van der Waals surface area contributed by atoms with Gasteiger partial charge < -0.3 is 20.5 Å². The topological polar surface area (TPSA) is 85.3 Å². The number of rotatable bonds is 7. The molecule has 0 bridgehead atoms. The molecule has 4 N–H and O–H groups in total. The number of phenols is 1. The maximum Gasteiger partial charge on any atom is 0.416 e. The second kappa shape index (κ2) is 9.52. The lowest BCUT2D eigenvalue weighted by molar-refractivity contribution is -0.137. The summed E-state index contributed by atoms with van der Waals surface area (Å²) >= 11 is 7.07. The minimum Gasteiger partial charge on any atom is -0.507 e. The Hall–Kier alpha value is -2.20. The Morgan fingerprint density at radius 1 is 1.23 bits per heavy atom. The van der Waals surface area contributed by atoms with Crippen LogP contribution in [-0.2, 0) is 6.18 Å². The van der Waals surface area contributed by atoms with Crippen LogP contribution >= 0.6 is 23.4 Å². The van der Waals surface area contributed by atoms with Gasteiger partial charge in [-0.3, -0.25) is 4.79 Å². The van der Waals surface area contributed by atoms with Crippen LogP contribution in [0.1, 0.15) is 12.5 Å². The lowest BCUT2D eigenvalue weighted by atomic mass is 9.98. The van der Waals surface area contributed by atoms with Crippen LogP contribution in [0.2, 0.25) is 5.02 Å². The number of halogens is 4. The summed E-state index contributed by atoms with van der Waals surface area (Å²) < 4.78 is 40.1. The molecule has 2 aromatic carbocycles. The summed E-state index contributed by atoms with van der Waals surface area (Å²) in [5.74, 6) is -0.113. The lowest BCUT2D eigenvalue weighted by Gasteiger charge is -2.17. The third-order valence-corrected chi connectivity index (χ3v) is 6.04. The van der Waals surface area contributed by atoms with Gasteiger partial charge in [0.25, 0.3) is 5.56 Å². The number of aromatic nitrogens is 1. The van der Waals surface area contributed by atoms with Crippen molar-refractivity contribution >= 4 is 34.3 Å². The smallest absolute Gasteiger partial charge is 0.416 e. The van der Waals surface area contributed by atoms with Gasteiger partial charge >= 0.3 is 6.18 Å². The van der Waals surface area contributed by atoms with Crippen molar-refractivity contribution in [2.45, 2.75) is 24.1 Å². The van der Waals surface area contributed by atoms with Crippen LogP contribution in [-0.4, -0.2) is 40.1 Å². The van der Waals surface area contributed by atoms with E-state index in [2.05, 4.69) is 10.3 Å². The highest BCUT2D eigenvalue weighted by Crippen LogP contribution is 2.42. The Morgan fingerprint density at radius 3 is 2.65 bits per heavy atom. The molecule has 0 radical (unpaired) electrons. The van der Waals surface area contributed by atoms with E-state index in [4.69, 9.17) is 11.6 Å². The van der Waals surface area contributed by atoms with E-state index in [1.54, 1.807) is 0 Å². The van der Waals surface area contributed by atoms with Crippen LogP contribution in [0.5, 0.6) is 5.75 Å². The predicted molar refractivity (Wildman–Crippen MR) is 117 cm³/mol. The number of aromatic amines is 1. The summed E-state index contributed by atoms with van der Waals surface area (Å²) in [6, 6.07) is 7.13. The van der Waals surface area contributed by atoms with Crippen LogP contribution in [0.3, 0.4) is 0 Å². The Labute approximate surface area is 185 Å². The minimum atomic E-state index is -4.59. The van der Waals surface area contributed by atoms with Crippen molar-refractivity contribution in [1.29, 1.82) is 0 Å². The van der Waals surface area contributed by atoms with Gasteiger partial charge in [0.2, 0.25) is 0 Å². The fraction of sp³-hybridized carbons (Fsp3) is 0.286. The van der Waals surface area contributed by atoms with Crippen LogP contribution in [0.15, 0.2) is 46.1 Å². The van der Waals surface area contributed by atoms with Gasteiger partial charge in [-0.15, -0.1) is 11.8 Å². The molecule has 3 aromatic rings. The molecule has 1 atom stereocenters. The molecule has 0 aliphatic heterocycles. The summed E-state index contributed by atoms with van der Waals surface area (Å²) in [6.45, 7) is 2.83. The SMILES string of the molecule is CCNCC(O)CSc1c(-c2cc(Cl)ccc2O)c2cc(C(F)(F)F)ccc2[nH]c1=O. The molecule has 166 valence electrons. The molecule has 0 amide bonds. The average Bonchev–Trinajstić information content (AvgIpc) is 2.71. The second-order valence-corrected chi connectivity index (χ2v) is 8.32. The first-order valence-corrected chi connectivity index (χ1v) is 10.8. The summed E-state index contributed by atoms with van der Waals surface area (Å²) in [4.78, 5) is 15.5. The normalized spacial score (nSPS) is 13.0. The minimum absolute atomic E-state index is 0.0833. The van der Waals surface area contributed by atoms with E-state index in [9.17, 15) is 28.2 Å². The molecule has 1 heterocycles. The van der Waals surface area contributed by atoms with Gasteiger partial charge in [0, 0.05) is 39.4 Å². The van der Waals surface area contributed by atoms with E-state index < -0.39 is 23.4 Å². The number of H-pyrrole nitrogens is 1. The molecule has 0 spiro atoms. The number of aliphatic hydroxyl groups is 1. The van der Waals surface area contributed by atoms with Crippen molar-refractivity contribution in [3.05, 3.63) is 57.3 Å². The van der Waals surface area contributed by atoms with Gasteiger partial charge in [0.15, 0.2) is 0 Å². The number of thioether (sulfide) groups is 1. The standard InChI is InChI=1S/C21H20ClF3N2O3S/c1-2-26-9-13(28)10-31-19-18(15-8-12(22)4-6-17(15)29)14-7-11(21(23,24)25)3-5-16(14)27-20(19)30/h3-8,13,26,28-29H,2,9-10H2,1H3,(H,27,30). The molecule has 5 nitrogen and oxygen atoms in total. The number of nitrogens with one attached hydrogen (secondary N) is 2. The number of hydrogen-bond acceptors (Lipinski definition) is 5. The van der Waals surface area contributed by atoms with E-state index in [1.165, 1.54) is 24.3 Å². The van der Waals surface area contributed by atoms with Gasteiger partial charge in [0.1, 0.15) is 5.75 Å². The number of pyridine rings is 1. The molecule has 31 heavy (non-hydrogen) atoms. The number of phenolic OH excluding ortho intramolecular Hbond substituents is 1. The molecular weight excluding hydrogens is 453 g/mol. The number of aliphatic hydroxyl groups excluding tert-OH is 1. The number of alkyl halides is 3. The van der Waals surface area contributed by atoms with Crippen molar-refractivity contribution in [2.24, 2.45) is 0 Å². The van der Waals surface area contributed by atoms with Crippen LogP contribution in [0.4, 0.5) is 13.2 Å². The van der Waals surface area contributed by atoms with Gasteiger partial charge in [-0.25, -0.2) is 0 Å². The number of hydrogen-bond donors (Lipinski definition) is 4. The van der Waals surface area contributed by atoms with E-state index in [-0.39, 0.29) is 43.5 Å². The fourth-order valence-electron chi connectivity index (χ4n) is 3.11. The van der Waals surface area contributed by atoms with Gasteiger partial charge in [-0.05, 0) is 42.9 Å². The highest BCUT2D eigenvalue weighted by Gasteiger charge is 2.31. The Kier molecular flexibility index (Phi) is 7.20. The van der Waals surface area contributed by atoms with Crippen molar-refractivity contribution in [1.82, 2.24) is 10.3 Å². The Morgan fingerprint density at radius 2 is 1.97 bits per heavy atom. The molecule has 1 aromatic heterocycles. The molecule has 0 aliphatic rings. The van der Waals surface area contributed by atoms with E-state index >= 15 is 0 Å². The van der Waals surface area contributed by atoms with E-state index in [0.29, 0.717) is 13.1 Å². The molecule has 0 fully saturated rings. The zero-order chi connectivity index (χ0) is 22.8. The van der Waals surface area contributed by atoms with Crippen molar-refractivity contribution in [2.75, 3.05) is 18.8 Å². The number of likely N-dealkylation sites (N-methyl/N-ethyl adjacent to an activating group) is 1. The highest BCUT2D eigenvalue weighted by molar-refractivity contribution is 7.99. The zero-order valence-corrected chi connectivity index (χ0v) is 18.0. The van der Waals surface area contributed by atoms with Crippen LogP contribution in [0, 0.1) is 0 Å². The van der Waals surface area contributed by atoms with Crippen molar-refractivity contribution in [3.63, 3.8) is 0 Å². The third-order valence-electron chi connectivity index (χ3n) is 4.58. The van der Waals surface area contributed by atoms with Crippen molar-refractivity contribution < 1.29 is 23.4 Å². The maximum atomic E-state index is 13.4. The molecule has 3 rings (SSSR count). The van der Waals surface area contributed by atoms with Gasteiger partial charge in [-0.1, -0.05) is 18.5 Å². The third kappa shape index (κ3) is 5.35. The summed E-state index contributed by atoms with van der Waals surface area (Å²) in [5.41, 5.74) is -0.984. The number of fused-ring (bicyclic) bond motifs is 1. The van der Waals surface area contributed by atoms with Gasteiger partial charge in [-0.2, -0.15) is 13.2 Å². The zero-order valence-electron chi connectivity index (χ0n) is 16.4. The van der Waals surface area contributed by atoms with Crippen molar-refractivity contribution in [3.8, 4) is 16.9 Å².